The minimum Gasteiger partial charge on any atom is -0.492 e. The fraction of sp³-hybridized carbons (Fsp3) is 0.286. The number of ether oxygens (including phenoxy) is 1. The number of anilines is 1. The van der Waals surface area contributed by atoms with Crippen molar-refractivity contribution >= 4 is 16.0 Å². The molecule has 0 radical (unpaired) electrons. The average molecular weight is 307 g/mol. The summed E-state index contributed by atoms with van der Waals surface area (Å²) >= 11 is 0. The van der Waals surface area contributed by atoms with Crippen molar-refractivity contribution in [1.29, 1.82) is 0 Å². The van der Waals surface area contributed by atoms with Gasteiger partial charge in [0.25, 0.3) is 0 Å². The predicted molar refractivity (Wildman–Crippen MR) is 80.8 cm³/mol. The van der Waals surface area contributed by atoms with Crippen molar-refractivity contribution < 1.29 is 13.2 Å². The molecule has 2 rings (SSSR count). The Bertz CT molecular complexity index is 658. The van der Waals surface area contributed by atoms with Crippen molar-refractivity contribution in [2.24, 2.45) is 0 Å². The van der Waals surface area contributed by atoms with E-state index in [1.54, 1.807) is 6.07 Å². The fourth-order valence-electron chi connectivity index (χ4n) is 1.63. The molecule has 0 unspecified atom stereocenters. The highest BCUT2D eigenvalue weighted by molar-refractivity contribution is 7.92. The number of hydrogen-bond acceptors (Lipinski definition) is 5. The first-order chi connectivity index (χ1) is 10.1. The molecule has 1 aromatic carbocycles. The van der Waals surface area contributed by atoms with Gasteiger partial charge in [-0.3, -0.25) is 4.72 Å². The molecule has 1 aromatic heterocycles. The smallest absolute Gasteiger partial charge is 0.238 e. The first-order valence-electron chi connectivity index (χ1n) is 6.58. The normalized spacial score (nSPS) is 11.1. The van der Waals surface area contributed by atoms with E-state index in [1.807, 2.05) is 24.3 Å². The number of sulfonamides is 1. The van der Waals surface area contributed by atoms with E-state index < -0.39 is 10.0 Å². The van der Waals surface area contributed by atoms with Gasteiger partial charge >= 0.3 is 0 Å². The van der Waals surface area contributed by atoms with Crippen LogP contribution in [0.15, 0.2) is 42.7 Å². The molecule has 2 aromatic rings. The molecular weight excluding hydrogens is 290 g/mol. The molecule has 1 heterocycles. The van der Waals surface area contributed by atoms with E-state index in [2.05, 4.69) is 21.6 Å². The first kappa shape index (κ1) is 15.2. The van der Waals surface area contributed by atoms with E-state index in [0.29, 0.717) is 5.75 Å². The van der Waals surface area contributed by atoms with Gasteiger partial charge < -0.3 is 4.74 Å². The van der Waals surface area contributed by atoms with Crippen LogP contribution >= 0.6 is 0 Å². The summed E-state index contributed by atoms with van der Waals surface area (Å²) in [6.45, 7) is 2.13. The molecule has 112 valence electrons. The molecule has 0 aliphatic rings. The van der Waals surface area contributed by atoms with Crippen LogP contribution in [0.5, 0.6) is 5.75 Å². The Balaban J connectivity index is 1.84. The van der Waals surface area contributed by atoms with Crippen LogP contribution in [0, 0.1) is 0 Å². The third-order valence-electron chi connectivity index (χ3n) is 2.76. The summed E-state index contributed by atoms with van der Waals surface area (Å²) in [6.07, 6.45) is 3.89. The van der Waals surface area contributed by atoms with Crippen LogP contribution in [-0.2, 0) is 16.4 Å². The van der Waals surface area contributed by atoms with Gasteiger partial charge in [0.2, 0.25) is 16.0 Å². The maximum absolute atomic E-state index is 11.8. The average Bonchev–Trinajstić information content (AvgIpc) is 2.48. The van der Waals surface area contributed by atoms with Crippen LogP contribution in [0.25, 0.3) is 0 Å². The van der Waals surface area contributed by atoms with E-state index in [1.165, 1.54) is 18.0 Å². The van der Waals surface area contributed by atoms with Crippen LogP contribution in [0.1, 0.15) is 12.5 Å². The molecule has 7 heteroatoms. The van der Waals surface area contributed by atoms with Crippen LogP contribution in [-0.4, -0.2) is 30.7 Å². The number of aryl methyl sites for hydroxylation is 1. The molecule has 0 saturated carbocycles. The van der Waals surface area contributed by atoms with Crippen molar-refractivity contribution in [3.8, 4) is 5.75 Å². The Morgan fingerprint density at radius 3 is 2.43 bits per heavy atom. The molecule has 0 bridgehead atoms. The van der Waals surface area contributed by atoms with Gasteiger partial charge in [0.05, 0.1) is 0 Å². The second-order valence-corrected chi connectivity index (χ2v) is 6.18. The van der Waals surface area contributed by atoms with Crippen molar-refractivity contribution in [3.05, 3.63) is 48.3 Å². The Hall–Kier alpha value is -2.15. The Labute approximate surface area is 124 Å². The molecule has 0 aliphatic heterocycles. The summed E-state index contributed by atoms with van der Waals surface area (Å²) in [5.41, 5.74) is 1.21. The molecule has 0 fully saturated rings. The third kappa shape index (κ3) is 5.03. The zero-order valence-electron chi connectivity index (χ0n) is 11.7. The zero-order chi connectivity index (χ0) is 15.1. The lowest BCUT2D eigenvalue weighted by molar-refractivity contribution is 0.341. The van der Waals surface area contributed by atoms with Gasteiger partial charge in [-0.05, 0) is 30.2 Å². The monoisotopic (exact) mass is 307 g/mol. The summed E-state index contributed by atoms with van der Waals surface area (Å²) < 4.78 is 31.4. The lowest BCUT2D eigenvalue weighted by Gasteiger charge is -2.08. The molecule has 21 heavy (non-hydrogen) atoms. The first-order valence-corrected chi connectivity index (χ1v) is 8.23. The van der Waals surface area contributed by atoms with Crippen molar-refractivity contribution in [3.63, 3.8) is 0 Å². The lowest BCUT2D eigenvalue weighted by Crippen LogP contribution is -2.22. The summed E-state index contributed by atoms with van der Waals surface area (Å²) in [5, 5.41) is 0. The number of rotatable bonds is 7. The van der Waals surface area contributed by atoms with Crippen LogP contribution in [0.3, 0.4) is 0 Å². The van der Waals surface area contributed by atoms with Gasteiger partial charge in [-0.25, -0.2) is 18.4 Å². The molecule has 1 N–H and O–H groups in total. The second kappa shape index (κ2) is 7.03. The summed E-state index contributed by atoms with van der Waals surface area (Å²) in [6, 6.07) is 9.19. The summed E-state index contributed by atoms with van der Waals surface area (Å²) in [7, 11) is -3.52. The Morgan fingerprint density at radius 1 is 1.14 bits per heavy atom. The van der Waals surface area contributed by atoms with Crippen molar-refractivity contribution in [2.75, 3.05) is 17.1 Å². The summed E-state index contributed by atoms with van der Waals surface area (Å²) in [5.74, 6) is 0.545. The highest BCUT2D eigenvalue weighted by Gasteiger charge is 2.12. The molecule has 0 amide bonds. The number of aromatic nitrogens is 2. The van der Waals surface area contributed by atoms with Gasteiger partial charge in [-0.15, -0.1) is 0 Å². The second-order valence-electron chi connectivity index (χ2n) is 4.34. The van der Waals surface area contributed by atoms with Gasteiger partial charge in [-0.2, -0.15) is 0 Å². The van der Waals surface area contributed by atoms with Crippen LogP contribution in [0.4, 0.5) is 5.95 Å². The number of hydrogen-bond donors (Lipinski definition) is 1. The highest BCUT2D eigenvalue weighted by atomic mass is 32.2. The fourth-order valence-corrected chi connectivity index (χ4v) is 2.42. The Morgan fingerprint density at radius 2 is 1.81 bits per heavy atom. The third-order valence-corrected chi connectivity index (χ3v) is 3.96. The van der Waals surface area contributed by atoms with E-state index in [0.717, 1.165) is 6.42 Å². The topological polar surface area (TPSA) is 81.2 Å². The highest BCUT2D eigenvalue weighted by Crippen LogP contribution is 2.12. The van der Waals surface area contributed by atoms with Gasteiger partial charge in [0.15, 0.2) is 0 Å². The quantitative estimate of drug-likeness (QED) is 0.844. The predicted octanol–water partition coefficient (Wildman–Crippen LogP) is 1.86. The van der Waals surface area contributed by atoms with E-state index >= 15 is 0 Å². The minimum atomic E-state index is -3.52. The maximum Gasteiger partial charge on any atom is 0.238 e. The molecule has 0 saturated heterocycles. The van der Waals surface area contributed by atoms with Crippen LogP contribution in [0.2, 0.25) is 0 Å². The maximum atomic E-state index is 11.8. The Kier molecular flexibility index (Phi) is 5.10. The number of nitrogens with one attached hydrogen (secondary N) is 1. The van der Waals surface area contributed by atoms with Crippen LogP contribution < -0.4 is 9.46 Å². The SMILES string of the molecule is CCc1ccc(OCCS(=O)(=O)Nc2ncccn2)cc1. The summed E-state index contributed by atoms with van der Waals surface area (Å²) in [4.78, 5) is 7.61. The molecule has 0 aliphatic carbocycles. The molecule has 0 atom stereocenters. The zero-order valence-corrected chi connectivity index (χ0v) is 12.5. The van der Waals surface area contributed by atoms with Gasteiger partial charge in [0.1, 0.15) is 18.1 Å². The van der Waals surface area contributed by atoms with Crippen molar-refractivity contribution in [2.45, 2.75) is 13.3 Å². The van der Waals surface area contributed by atoms with Crippen molar-refractivity contribution in [1.82, 2.24) is 9.97 Å². The number of nitrogens with zero attached hydrogens (tertiary/aromatic N) is 2. The van der Waals surface area contributed by atoms with Gasteiger partial charge in [0, 0.05) is 12.4 Å². The number of benzene rings is 1. The molecular formula is C14H17N3O3S. The van der Waals surface area contributed by atoms with E-state index in [-0.39, 0.29) is 18.3 Å². The lowest BCUT2D eigenvalue weighted by atomic mass is 10.2. The van der Waals surface area contributed by atoms with Gasteiger partial charge in [-0.1, -0.05) is 19.1 Å². The van der Waals surface area contributed by atoms with E-state index in [9.17, 15) is 8.42 Å². The standard InChI is InChI=1S/C14H17N3O3S/c1-2-12-4-6-13(7-5-12)20-10-11-21(18,19)17-14-15-8-3-9-16-14/h3-9H,2,10-11H2,1H3,(H,15,16,17). The van der Waals surface area contributed by atoms with E-state index in [4.69, 9.17) is 4.74 Å². The largest absolute Gasteiger partial charge is 0.492 e. The molecule has 0 spiro atoms. The molecule has 6 nitrogen and oxygen atoms in total. The minimum absolute atomic E-state index is 0.0600.